The highest BCUT2D eigenvalue weighted by molar-refractivity contribution is 7.61. The first-order chi connectivity index (χ1) is 5.72. The van der Waals surface area contributed by atoms with Gasteiger partial charge in [-0.2, -0.15) is 8.42 Å². The number of nitrogens with zero attached hydrogens (tertiary/aromatic N) is 1. The molecule has 62 valence electrons. The smallest absolute Gasteiger partial charge is 0.163 e. The number of rotatable bonds is 2. The maximum Gasteiger partial charge on any atom is 0.316 e. The highest BCUT2D eigenvalue weighted by Gasteiger charge is 1.88. The molecule has 0 saturated carbocycles. The largest absolute Gasteiger partial charge is 0.316 e. The molecule has 12 heavy (non-hydrogen) atoms. The molecule has 0 heterocycles. The molecular weight excluding hydrogens is 174 g/mol. The fraction of sp³-hybridized carbons (Fsp3) is 0. The minimum Gasteiger partial charge on any atom is -0.163 e. The average Bonchev–Trinajstić information content (AvgIpc) is 2.05. The normalized spacial score (nSPS) is 9.00. The summed E-state index contributed by atoms with van der Waals surface area (Å²) in [6.07, 6.45) is 1.68. The van der Waals surface area contributed by atoms with Gasteiger partial charge in [0.1, 0.15) is 0 Å². The van der Waals surface area contributed by atoms with Gasteiger partial charge in [-0.1, -0.05) is 24.8 Å². The van der Waals surface area contributed by atoms with E-state index in [-0.39, 0.29) is 0 Å². The van der Waals surface area contributed by atoms with Crippen molar-refractivity contribution in [1.29, 1.82) is 0 Å². The fourth-order valence-corrected chi connectivity index (χ4v) is 1.05. The van der Waals surface area contributed by atoms with Crippen LogP contribution < -0.4 is 0 Å². The van der Waals surface area contributed by atoms with Crippen molar-refractivity contribution in [3.8, 4) is 0 Å². The van der Waals surface area contributed by atoms with Crippen molar-refractivity contribution in [3.05, 3.63) is 36.4 Å². The van der Waals surface area contributed by atoms with E-state index in [2.05, 4.69) is 10.9 Å². The first-order valence-electron chi connectivity index (χ1n) is 3.26. The van der Waals surface area contributed by atoms with Gasteiger partial charge in [0.25, 0.3) is 0 Å². The van der Waals surface area contributed by atoms with Gasteiger partial charge in [-0.15, -0.1) is 4.36 Å². The molecule has 0 unspecified atom stereocenters. The van der Waals surface area contributed by atoms with Gasteiger partial charge in [-0.05, 0) is 17.7 Å². The van der Waals surface area contributed by atoms with Gasteiger partial charge >= 0.3 is 10.5 Å². The lowest BCUT2D eigenvalue weighted by molar-refractivity contribution is 0.622. The Morgan fingerprint density at radius 2 is 1.83 bits per heavy atom. The van der Waals surface area contributed by atoms with E-state index in [0.29, 0.717) is 5.69 Å². The summed E-state index contributed by atoms with van der Waals surface area (Å²) < 4.78 is 23.6. The summed E-state index contributed by atoms with van der Waals surface area (Å²) in [6, 6.07) is 6.73. The molecule has 0 amide bonds. The Morgan fingerprint density at radius 3 is 2.25 bits per heavy atom. The minimum absolute atomic E-state index is 0.425. The molecule has 3 nitrogen and oxygen atoms in total. The van der Waals surface area contributed by atoms with Gasteiger partial charge in [-0.25, -0.2) is 0 Å². The Balaban J connectivity index is 3.08. The predicted molar refractivity (Wildman–Crippen MR) is 47.5 cm³/mol. The summed E-state index contributed by atoms with van der Waals surface area (Å²) in [5, 5.41) is 0. The summed E-state index contributed by atoms with van der Waals surface area (Å²) in [5.41, 5.74) is 1.36. The lowest BCUT2D eigenvalue weighted by Crippen LogP contribution is -1.68. The van der Waals surface area contributed by atoms with Gasteiger partial charge in [-0.3, -0.25) is 0 Å². The summed E-state index contributed by atoms with van der Waals surface area (Å²) >= 11 is 0. The maximum atomic E-state index is 10.1. The van der Waals surface area contributed by atoms with E-state index in [9.17, 15) is 8.42 Å². The van der Waals surface area contributed by atoms with Crippen LogP contribution in [0.15, 0.2) is 35.2 Å². The molecule has 1 aromatic carbocycles. The van der Waals surface area contributed by atoms with Crippen LogP contribution in [-0.4, -0.2) is 8.42 Å². The first-order valence-corrected chi connectivity index (χ1v) is 4.29. The Hall–Kier alpha value is -1.42. The molecular formula is C8H7NO2S. The van der Waals surface area contributed by atoms with E-state index in [1.165, 1.54) is 0 Å². The van der Waals surface area contributed by atoms with Gasteiger partial charge < -0.3 is 0 Å². The van der Waals surface area contributed by atoms with Crippen LogP contribution in [0.5, 0.6) is 0 Å². The van der Waals surface area contributed by atoms with Gasteiger partial charge in [0.15, 0.2) is 0 Å². The highest BCUT2D eigenvalue weighted by Crippen LogP contribution is 2.12. The van der Waals surface area contributed by atoms with E-state index in [4.69, 9.17) is 0 Å². The van der Waals surface area contributed by atoms with E-state index in [1.54, 1.807) is 30.3 Å². The van der Waals surface area contributed by atoms with Crippen LogP contribution in [0.25, 0.3) is 6.08 Å². The van der Waals surface area contributed by atoms with Crippen molar-refractivity contribution >= 4 is 22.3 Å². The van der Waals surface area contributed by atoms with Crippen molar-refractivity contribution in [2.75, 3.05) is 0 Å². The lowest BCUT2D eigenvalue weighted by atomic mass is 10.2. The van der Waals surface area contributed by atoms with Gasteiger partial charge in [0.2, 0.25) is 0 Å². The van der Waals surface area contributed by atoms with Crippen molar-refractivity contribution in [3.63, 3.8) is 0 Å². The van der Waals surface area contributed by atoms with E-state index in [1.807, 2.05) is 0 Å². The molecule has 4 heteroatoms. The molecule has 0 aliphatic heterocycles. The quantitative estimate of drug-likeness (QED) is 0.700. The number of benzene rings is 1. The number of hydrogen-bond donors (Lipinski definition) is 0. The second kappa shape index (κ2) is 3.82. The molecule has 0 atom stereocenters. The Morgan fingerprint density at radius 1 is 1.25 bits per heavy atom. The molecule has 1 aromatic rings. The third-order valence-electron chi connectivity index (χ3n) is 1.31. The molecule has 0 radical (unpaired) electrons. The van der Waals surface area contributed by atoms with Crippen molar-refractivity contribution in [2.45, 2.75) is 0 Å². The van der Waals surface area contributed by atoms with Crippen LogP contribution >= 0.6 is 0 Å². The Kier molecular flexibility index (Phi) is 2.76. The molecule has 0 saturated heterocycles. The highest BCUT2D eigenvalue weighted by atomic mass is 32.2. The SMILES string of the molecule is C=Cc1ccc(N=S(=O)=O)cc1. The first kappa shape index (κ1) is 8.67. The topological polar surface area (TPSA) is 46.5 Å². The average molecular weight is 181 g/mol. The van der Waals surface area contributed by atoms with Crippen molar-refractivity contribution in [1.82, 2.24) is 0 Å². The molecule has 0 fully saturated rings. The lowest BCUT2D eigenvalue weighted by Gasteiger charge is -1.91. The monoisotopic (exact) mass is 181 g/mol. The molecule has 0 aliphatic rings. The summed E-state index contributed by atoms with van der Waals surface area (Å²) in [5.74, 6) is 0. The number of hydrogen-bond acceptors (Lipinski definition) is 3. The third-order valence-corrected chi connectivity index (χ3v) is 1.67. The molecule has 0 aromatic heterocycles. The minimum atomic E-state index is -2.38. The fourth-order valence-electron chi connectivity index (χ4n) is 0.757. The van der Waals surface area contributed by atoms with E-state index in [0.717, 1.165) is 5.56 Å². The zero-order valence-corrected chi connectivity index (χ0v) is 7.08. The molecule has 0 spiro atoms. The molecule has 0 aliphatic carbocycles. The van der Waals surface area contributed by atoms with Crippen molar-refractivity contribution in [2.24, 2.45) is 4.36 Å². The van der Waals surface area contributed by atoms with Crippen molar-refractivity contribution < 1.29 is 8.42 Å². The van der Waals surface area contributed by atoms with Crippen LogP contribution in [0.3, 0.4) is 0 Å². The van der Waals surface area contributed by atoms with E-state index < -0.39 is 10.5 Å². The predicted octanol–water partition coefficient (Wildman–Crippen LogP) is 2.02. The van der Waals surface area contributed by atoms with E-state index >= 15 is 0 Å². The third kappa shape index (κ3) is 2.32. The van der Waals surface area contributed by atoms with Gasteiger partial charge in [0.05, 0.1) is 5.69 Å². The van der Waals surface area contributed by atoms with Crippen LogP contribution in [0.1, 0.15) is 5.56 Å². The van der Waals surface area contributed by atoms with Gasteiger partial charge in [0, 0.05) is 0 Å². The zero-order valence-electron chi connectivity index (χ0n) is 6.27. The Bertz CT molecular complexity index is 395. The second-order valence-corrected chi connectivity index (χ2v) is 2.72. The van der Waals surface area contributed by atoms with Crippen LogP contribution in [0.2, 0.25) is 0 Å². The zero-order chi connectivity index (χ0) is 8.97. The standard InChI is InChI=1S/C8H7NO2S/c1-2-7-3-5-8(6-4-7)9-12(10)11/h2-6H,1H2. The summed E-state index contributed by atoms with van der Waals surface area (Å²) in [4.78, 5) is 0. The van der Waals surface area contributed by atoms with Crippen LogP contribution in [0.4, 0.5) is 5.69 Å². The molecule has 1 rings (SSSR count). The van der Waals surface area contributed by atoms with Crippen LogP contribution in [-0.2, 0) is 10.5 Å². The second-order valence-electron chi connectivity index (χ2n) is 2.10. The molecule has 0 N–H and O–H groups in total. The Labute approximate surface area is 72.1 Å². The maximum absolute atomic E-state index is 10.1. The van der Waals surface area contributed by atoms with Crippen LogP contribution in [0, 0.1) is 0 Å². The molecule has 0 bridgehead atoms. The summed E-state index contributed by atoms with van der Waals surface area (Å²) in [7, 11) is -2.38. The summed E-state index contributed by atoms with van der Waals surface area (Å²) in [6.45, 7) is 3.57.